The molecule has 11 heteroatoms. The normalized spacial score (nSPS) is 20.9. The predicted molar refractivity (Wildman–Crippen MR) is 66.5 cm³/mol. The number of halogens is 1. The van der Waals surface area contributed by atoms with Gasteiger partial charge in [-0.1, -0.05) is 0 Å². The number of nitrogens with zero attached hydrogens (tertiary/aromatic N) is 1. The number of carbonyl (C=O) groups is 3. The fourth-order valence-electron chi connectivity index (χ4n) is 1.74. The minimum absolute atomic E-state index is 0.216. The molecule has 1 fully saturated rings. The average molecular weight is 329 g/mol. The van der Waals surface area contributed by atoms with Crippen molar-refractivity contribution in [2.24, 2.45) is 0 Å². The lowest BCUT2D eigenvalue weighted by atomic mass is 10.3. The minimum atomic E-state index is -4.92. The number of aliphatic carboxylic acids is 2. The quantitative estimate of drug-likeness (QED) is 0.578. The van der Waals surface area contributed by atoms with Gasteiger partial charge >= 0.3 is 22.2 Å². The molecule has 20 heavy (non-hydrogen) atoms. The second kappa shape index (κ2) is 6.39. The van der Waals surface area contributed by atoms with Gasteiger partial charge in [-0.25, -0.2) is 4.79 Å². The molecule has 1 amide bonds. The van der Waals surface area contributed by atoms with E-state index in [1.54, 1.807) is 0 Å². The molecule has 1 saturated heterocycles. The van der Waals surface area contributed by atoms with Crippen LogP contribution in [-0.2, 0) is 24.6 Å². The highest BCUT2D eigenvalue weighted by atomic mass is 32.3. The number of amides is 1. The van der Waals surface area contributed by atoms with Crippen molar-refractivity contribution in [3.8, 4) is 0 Å². The van der Waals surface area contributed by atoms with Crippen molar-refractivity contribution < 1.29 is 36.9 Å². The predicted octanol–water partition coefficient (Wildman–Crippen LogP) is -0.842. The first-order valence-electron chi connectivity index (χ1n) is 5.38. The molecule has 0 aliphatic carbocycles. The van der Waals surface area contributed by atoms with Gasteiger partial charge in [-0.05, 0) is 0 Å². The molecule has 1 aliphatic rings. The van der Waals surface area contributed by atoms with Crippen LogP contribution in [0.4, 0.5) is 3.89 Å². The van der Waals surface area contributed by atoms with Crippen molar-refractivity contribution in [2.45, 2.75) is 17.7 Å². The van der Waals surface area contributed by atoms with E-state index in [0.717, 1.165) is 16.7 Å². The molecule has 0 bridgehead atoms. The van der Waals surface area contributed by atoms with Crippen LogP contribution in [0.1, 0.15) is 6.42 Å². The van der Waals surface area contributed by atoms with Gasteiger partial charge < -0.3 is 15.1 Å². The number of carbonyl (C=O) groups excluding carboxylic acids is 1. The molecule has 2 atom stereocenters. The Kier molecular flexibility index (Phi) is 5.34. The largest absolute Gasteiger partial charge is 0.481 e. The van der Waals surface area contributed by atoms with Gasteiger partial charge in [0.05, 0.1) is 5.75 Å². The first-order chi connectivity index (χ1) is 9.12. The van der Waals surface area contributed by atoms with Gasteiger partial charge in [0.1, 0.15) is 11.3 Å². The highest BCUT2D eigenvalue weighted by Gasteiger charge is 2.43. The van der Waals surface area contributed by atoms with Crippen molar-refractivity contribution in [3.63, 3.8) is 0 Å². The van der Waals surface area contributed by atoms with E-state index < -0.39 is 52.3 Å². The van der Waals surface area contributed by atoms with Crippen LogP contribution in [-0.4, -0.2) is 70.7 Å². The molecule has 0 spiro atoms. The summed E-state index contributed by atoms with van der Waals surface area (Å²) >= 11 is 0.778. The van der Waals surface area contributed by atoms with Crippen LogP contribution in [0.25, 0.3) is 0 Å². The van der Waals surface area contributed by atoms with E-state index in [1.807, 2.05) is 0 Å². The molecule has 8 nitrogen and oxygen atoms in total. The number of carboxylic acid groups (broad SMARTS) is 2. The Labute approximate surface area is 118 Å². The Bertz CT molecular complexity index is 520. The zero-order valence-electron chi connectivity index (χ0n) is 10.1. The zero-order valence-corrected chi connectivity index (χ0v) is 11.7. The minimum Gasteiger partial charge on any atom is -0.481 e. The van der Waals surface area contributed by atoms with E-state index in [1.165, 1.54) is 0 Å². The summed E-state index contributed by atoms with van der Waals surface area (Å²) < 4.78 is 34.3. The summed E-state index contributed by atoms with van der Waals surface area (Å²) in [6.45, 7) is -0.539. The van der Waals surface area contributed by atoms with E-state index in [9.17, 15) is 26.7 Å². The van der Waals surface area contributed by atoms with E-state index in [-0.39, 0.29) is 11.5 Å². The third-order valence-electron chi connectivity index (χ3n) is 2.68. The van der Waals surface area contributed by atoms with E-state index >= 15 is 0 Å². The lowest BCUT2D eigenvalue weighted by Crippen LogP contribution is -2.44. The summed E-state index contributed by atoms with van der Waals surface area (Å²) in [6.07, 6.45) is -0.605. The summed E-state index contributed by atoms with van der Waals surface area (Å²) in [6, 6.07) is -1.38. The first-order valence-corrected chi connectivity index (χ1v) is 7.98. The van der Waals surface area contributed by atoms with E-state index in [2.05, 4.69) is 0 Å². The second-order valence-electron chi connectivity index (χ2n) is 4.11. The second-order valence-corrected chi connectivity index (χ2v) is 6.76. The third-order valence-corrected chi connectivity index (χ3v) is 4.80. The van der Waals surface area contributed by atoms with Crippen molar-refractivity contribution >= 4 is 39.8 Å². The van der Waals surface area contributed by atoms with E-state index in [0.29, 0.717) is 0 Å². The lowest BCUT2D eigenvalue weighted by molar-refractivity contribution is -0.147. The molecule has 0 aromatic heterocycles. The summed E-state index contributed by atoms with van der Waals surface area (Å²) in [5.74, 6) is -3.88. The van der Waals surface area contributed by atoms with Crippen LogP contribution in [0.3, 0.4) is 0 Å². The molecule has 1 rings (SSSR count). The van der Waals surface area contributed by atoms with Crippen LogP contribution in [0.15, 0.2) is 0 Å². The fraction of sp³-hybridized carbons (Fsp3) is 0.667. The smallest absolute Gasteiger partial charge is 0.327 e. The van der Waals surface area contributed by atoms with Crippen LogP contribution in [0.5, 0.6) is 0 Å². The van der Waals surface area contributed by atoms with Crippen LogP contribution < -0.4 is 0 Å². The molecule has 2 N–H and O–H groups in total. The van der Waals surface area contributed by atoms with Crippen molar-refractivity contribution in [3.05, 3.63) is 0 Å². The van der Waals surface area contributed by atoms with Gasteiger partial charge in [0.15, 0.2) is 0 Å². The maximum absolute atomic E-state index is 12.8. The summed E-state index contributed by atoms with van der Waals surface area (Å²) in [4.78, 5) is 33.8. The third kappa shape index (κ3) is 4.34. The number of rotatable bonds is 7. The standard InChI is InChI=1S/C9H12FNO7S2/c10-20(17,18)5-1-7(12)11(2-5)6(9(15)16)3-19-4-8(13)14/h5-6H,1-4H2,(H,13,14)(H,15,16)/t5?,6-/m0/s1. The maximum Gasteiger partial charge on any atom is 0.327 e. The number of thioether (sulfide) groups is 1. The van der Waals surface area contributed by atoms with Crippen LogP contribution >= 0.6 is 11.8 Å². The number of hydrogen-bond acceptors (Lipinski definition) is 6. The molecule has 1 heterocycles. The monoisotopic (exact) mass is 329 g/mol. The topological polar surface area (TPSA) is 129 Å². The maximum atomic E-state index is 12.8. The van der Waals surface area contributed by atoms with Crippen molar-refractivity contribution in [1.82, 2.24) is 4.90 Å². The number of likely N-dealkylation sites (tertiary alicyclic amines) is 1. The van der Waals surface area contributed by atoms with Gasteiger partial charge in [-0.2, -0.15) is 8.42 Å². The summed E-state index contributed by atoms with van der Waals surface area (Å²) in [5, 5.41) is 15.9. The average Bonchev–Trinajstić information content (AvgIpc) is 2.65. The van der Waals surface area contributed by atoms with Gasteiger partial charge in [0.2, 0.25) is 5.91 Å². The highest BCUT2D eigenvalue weighted by molar-refractivity contribution is 8.00. The molecular formula is C9H12FNO7S2. The zero-order chi connectivity index (χ0) is 15.5. The fourth-order valence-corrected chi connectivity index (χ4v) is 3.26. The van der Waals surface area contributed by atoms with Gasteiger partial charge in [-0.3, -0.25) is 9.59 Å². The Balaban J connectivity index is 2.75. The molecule has 1 unspecified atom stereocenters. The Morgan fingerprint density at radius 1 is 1.45 bits per heavy atom. The van der Waals surface area contributed by atoms with Gasteiger partial charge in [-0.15, -0.1) is 15.6 Å². The van der Waals surface area contributed by atoms with E-state index in [4.69, 9.17) is 10.2 Å². The molecule has 1 aliphatic heterocycles. The molecule has 0 aromatic rings. The number of hydrogen-bond donors (Lipinski definition) is 2. The molecular weight excluding hydrogens is 317 g/mol. The van der Waals surface area contributed by atoms with Crippen molar-refractivity contribution in [1.29, 1.82) is 0 Å². The first kappa shape index (κ1) is 16.7. The van der Waals surface area contributed by atoms with Gasteiger partial charge in [0.25, 0.3) is 0 Å². The molecule has 0 aromatic carbocycles. The van der Waals surface area contributed by atoms with Crippen molar-refractivity contribution in [2.75, 3.05) is 18.1 Å². The highest BCUT2D eigenvalue weighted by Crippen LogP contribution is 2.23. The Hall–Kier alpha value is -1.36. The molecule has 0 saturated carbocycles. The number of carboxylic acids is 2. The lowest BCUT2D eigenvalue weighted by Gasteiger charge is -2.23. The van der Waals surface area contributed by atoms with Crippen LogP contribution in [0, 0.1) is 0 Å². The molecule has 114 valence electrons. The van der Waals surface area contributed by atoms with Crippen LogP contribution in [0.2, 0.25) is 0 Å². The summed E-state index contributed by atoms with van der Waals surface area (Å²) in [7, 11) is -4.92. The Morgan fingerprint density at radius 2 is 2.05 bits per heavy atom. The SMILES string of the molecule is O=C(O)CSC[C@@H](C(=O)O)N1CC(S(=O)(=O)F)CC1=O. The van der Waals surface area contributed by atoms with Gasteiger partial charge in [0, 0.05) is 18.7 Å². The Morgan fingerprint density at radius 3 is 2.45 bits per heavy atom. The summed E-state index contributed by atoms with van der Waals surface area (Å²) in [5.41, 5.74) is 0. The molecule has 0 radical (unpaired) electrons.